The fourth-order valence-electron chi connectivity index (χ4n) is 4.41. The van der Waals surface area contributed by atoms with Crippen LogP contribution in [-0.4, -0.2) is 56.5 Å². The molecule has 1 aliphatic rings. The average molecular weight is 472 g/mol. The molecule has 5 rings (SSSR count). The van der Waals surface area contributed by atoms with Gasteiger partial charge in [-0.1, -0.05) is 63.2 Å². The van der Waals surface area contributed by atoms with E-state index in [2.05, 4.69) is 42.8 Å². The summed E-state index contributed by atoms with van der Waals surface area (Å²) in [4.78, 5) is 22.6. The lowest BCUT2D eigenvalue weighted by atomic mass is 9.93. The van der Waals surface area contributed by atoms with Gasteiger partial charge in [0, 0.05) is 49.8 Å². The van der Waals surface area contributed by atoms with Gasteiger partial charge in [0.05, 0.1) is 11.4 Å². The number of halogens is 1. The summed E-state index contributed by atoms with van der Waals surface area (Å²) < 4.78 is 16.2. The maximum atomic E-state index is 14.6. The van der Waals surface area contributed by atoms with Gasteiger partial charge in [0.1, 0.15) is 11.5 Å². The minimum absolute atomic E-state index is 0.113. The predicted octanol–water partition coefficient (Wildman–Crippen LogP) is 4.79. The van der Waals surface area contributed by atoms with E-state index in [1.165, 1.54) is 11.6 Å². The third-order valence-corrected chi connectivity index (χ3v) is 6.47. The van der Waals surface area contributed by atoms with Gasteiger partial charge in [-0.3, -0.25) is 9.69 Å². The van der Waals surface area contributed by atoms with Crippen LogP contribution in [0.5, 0.6) is 0 Å². The van der Waals surface area contributed by atoms with Crippen molar-refractivity contribution in [3.05, 3.63) is 89.5 Å². The van der Waals surface area contributed by atoms with Crippen molar-refractivity contribution in [2.45, 2.75) is 32.7 Å². The number of benzene rings is 2. The summed E-state index contributed by atoms with van der Waals surface area (Å²) in [5.41, 5.74) is 3.63. The maximum Gasteiger partial charge on any atom is 0.272 e. The second-order valence-electron chi connectivity index (χ2n) is 10.1. The highest BCUT2D eigenvalue weighted by Crippen LogP contribution is 2.27. The van der Waals surface area contributed by atoms with Gasteiger partial charge in [-0.05, 0) is 23.8 Å². The van der Waals surface area contributed by atoms with Gasteiger partial charge >= 0.3 is 0 Å². The van der Waals surface area contributed by atoms with Crippen LogP contribution in [0.1, 0.15) is 42.5 Å². The monoisotopic (exact) mass is 471 g/mol. The highest BCUT2D eigenvalue weighted by Gasteiger charge is 2.27. The number of fused-ring (bicyclic) bond motifs is 1. The Labute approximate surface area is 205 Å². The second-order valence-corrected chi connectivity index (χ2v) is 10.1. The molecule has 180 valence electrons. The van der Waals surface area contributed by atoms with Crippen molar-refractivity contribution in [3.8, 4) is 11.3 Å². The Bertz CT molecular complexity index is 1350. The number of piperazine rings is 1. The number of rotatable bonds is 4. The lowest BCUT2D eigenvalue weighted by molar-refractivity contribution is 0.0619. The van der Waals surface area contributed by atoms with E-state index in [1.807, 2.05) is 29.2 Å². The van der Waals surface area contributed by atoms with Gasteiger partial charge in [-0.15, -0.1) is 0 Å². The normalized spacial score (nSPS) is 15.0. The van der Waals surface area contributed by atoms with E-state index in [0.29, 0.717) is 35.7 Å². The quantitative estimate of drug-likeness (QED) is 0.429. The zero-order valence-electron chi connectivity index (χ0n) is 20.4. The summed E-state index contributed by atoms with van der Waals surface area (Å²) in [5.74, 6) is -0.481. The van der Waals surface area contributed by atoms with Crippen molar-refractivity contribution >= 4 is 11.6 Å². The van der Waals surface area contributed by atoms with E-state index >= 15 is 0 Å². The van der Waals surface area contributed by atoms with E-state index in [4.69, 9.17) is 5.10 Å². The highest BCUT2D eigenvalue weighted by atomic mass is 19.1. The molecular weight excluding hydrogens is 441 g/mol. The number of nitrogens with zero attached hydrogens (tertiary/aromatic N) is 5. The van der Waals surface area contributed by atoms with Gasteiger partial charge in [0.2, 0.25) is 0 Å². The molecule has 0 radical (unpaired) electrons. The van der Waals surface area contributed by atoms with Crippen LogP contribution in [0.4, 0.5) is 4.39 Å². The number of hydrogen-bond acceptors (Lipinski definition) is 4. The number of aromatic nitrogens is 3. The van der Waals surface area contributed by atoms with Gasteiger partial charge in [-0.2, -0.15) is 5.10 Å². The molecule has 1 fully saturated rings. The van der Waals surface area contributed by atoms with Crippen LogP contribution in [0.2, 0.25) is 0 Å². The molecule has 0 bridgehead atoms. The summed E-state index contributed by atoms with van der Waals surface area (Å²) in [7, 11) is 0. The lowest BCUT2D eigenvalue weighted by Gasteiger charge is -2.34. The number of carbonyl (C=O) groups excluding carboxylic acids is 1. The smallest absolute Gasteiger partial charge is 0.272 e. The van der Waals surface area contributed by atoms with Crippen molar-refractivity contribution in [1.82, 2.24) is 24.4 Å². The molecule has 7 heteroatoms. The first-order valence-electron chi connectivity index (χ1n) is 12.0. The molecule has 0 spiro atoms. The molecule has 4 aromatic rings. The van der Waals surface area contributed by atoms with E-state index in [9.17, 15) is 9.18 Å². The second kappa shape index (κ2) is 9.23. The Kier molecular flexibility index (Phi) is 6.11. The number of amides is 1. The standard InChI is InChI=1S/C28H30FN5O/c1-28(2,3)25-18-26-30-23(21-11-7-8-12-22(21)29)17-24(34(26)31-25)27(35)33-15-13-32(14-16-33)19-20-9-5-4-6-10-20/h4-12,17-18H,13-16,19H2,1-3H3. The van der Waals surface area contributed by atoms with Gasteiger partial charge in [-0.25, -0.2) is 13.9 Å². The van der Waals surface area contributed by atoms with Crippen molar-refractivity contribution in [2.24, 2.45) is 0 Å². The highest BCUT2D eigenvalue weighted by molar-refractivity contribution is 5.94. The zero-order chi connectivity index (χ0) is 24.6. The average Bonchev–Trinajstić information content (AvgIpc) is 3.30. The summed E-state index contributed by atoms with van der Waals surface area (Å²) in [6.45, 7) is 9.91. The van der Waals surface area contributed by atoms with Gasteiger partial charge in [0.25, 0.3) is 5.91 Å². The minimum Gasteiger partial charge on any atom is -0.335 e. The fraction of sp³-hybridized carbons (Fsp3) is 0.321. The first kappa shape index (κ1) is 23.2. The molecule has 0 saturated carbocycles. The molecular formula is C28H30FN5O. The Morgan fingerprint density at radius 3 is 2.31 bits per heavy atom. The summed E-state index contributed by atoms with van der Waals surface area (Å²) in [6, 6.07) is 20.4. The molecule has 1 amide bonds. The van der Waals surface area contributed by atoms with Crippen LogP contribution >= 0.6 is 0 Å². The largest absolute Gasteiger partial charge is 0.335 e. The minimum atomic E-state index is -0.368. The Morgan fingerprint density at radius 2 is 1.63 bits per heavy atom. The first-order valence-corrected chi connectivity index (χ1v) is 12.0. The van der Waals surface area contributed by atoms with Crippen molar-refractivity contribution < 1.29 is 9.18 Å². The zero-order valence-corrected chi connectivity index (χ0v) is 20.4. The molecule has 1 saturated heterocycles. The van der Waals surface area contributed by atoms with Crippen molar-refractivity contribution in [3.63, 3.8) is 0 Å². The lowest BCUT2D eigenvalue weighted by Crippen LogP contribution is -2.48. The van der Waals surface area contributed by atoms with Crippen LogP contribution in [0, 0.1) is 5.82 Å². The van der Waals surface area contributed by atoms with Crippen LogP contribution in [0.25, 0.3) is 16.9 Å². The van der Waals surface area contributed by atoms with E-state index in [-0.39, 0.29) is 17.1 Å². The molecule has 6 nitrogen and oxygen atoms in total. The third kappa shape index (κ3) is 4.82. The third-order valence-electron chi connectivity index (χ3n) is 6.47. The van der Waals surface area contributed by atoms with Crippen LogP contribution in [-0.2, 0) is 12.0 Å². The predicted molar refractivity (Wildman–Crippen MR) is 135 cm³/mol. The molecule has 2 aromatic carbocycles. The molecule has 1 aliphatic heterocycles. The molecule has 0 atom stereocenters. The Morgan fingerprint density at radius 1 is 0.943 bits per heavy atom. The number of hydrogen-bond donors (Lipinski definition) is 0. The van der Waals surface area contributed by atoms with Gasteiger partial charge in [0.15, 0.2) is 5.65 Å². The van der Waals surface area contributed by atoms with Gasteiger partial charge < -0.3 is 4.90 Å². The summed E-state index contributed by atoms with van der Waals surface area (Å²) in [5, 5.41) is 4.73. The first-order chi connectivity index (χ1) is 16.8. The molecule has 0 unspecified atom stereocenters. The fourth-order valence-corrected chi connectivity index (χ4v) is 4.41. The van der Waals surface area contributed by atoms with Crippen molar-refractivity contribution in [2.75, 3.05) is 26.2 Å². The van der Waals surface area contributed by atoms with E-state index < -0.39 is 0 Å². The Hall–Kier alpha value is -3.58. The van der Waals surface area contributed by atoms with E-state index in [0.717, 1.165) is 25.3 Å². The SMILES string of the molecule is CC(C)(C)c1cc2nc(-c3ccccc3F)cc(C(=O)N3CCN(Cc4ccccc4)CC3)n2n1. The maximum absolute atomic E-state index is 14.6. The van der Waals surface area contributed by atoms with Crippen LogP contribution in [0.15, 0.2) is 66.7 Å². The van der Waals surface area contributed by atoms with Crippen LogP contribution < -0.4 is 0 Å². The molecule has 35 heavy (non-hydrogen) atoms. The molecule has 0 N–H and O–H groups in total. The van der Waals surface area contributed by atoms with Crippen LogP contribution in [0.3, 0.4) is 0 Å². The Balaban J connectivity index is 1.46. The molecule has 0 aliphatic carbocycles. The molecule has 2 aromatic heterocycles. The summed E-state index contributed by atoms with van der Waals surface area (Å²) >= 11 is 0. The number of carbonyl (C=O) groups is 1. The summed E-state index contributed by atoms with van der Waals surface area (Å²) in [6.07, 6.45) is 0. The van der Waals surface area contributed by atoms with Crippen molar-refractivity contribution in [1.29, 1.82) is 0 Å². The van der Waals surface area contributed by atoms with E-state index in [1.54, 1.807) is 28.8 Å². The topological polar surface area (TPSA) is 53.7 Å². The molecule has 3 heterocycles.